The highest BCUT2D eigenvalue weighted by Gasteiger charge is 2.31. The number of nitrogens with zero attached hydrogens (tertiary/aromatic N) is 4. The number of ether oxygens (including phenoxy) is 1. The molecule has 0 saturated carbocycles. The van der Waals surface area contributed by atoms with E-state index >= 15 is 0 Å². The van der Waals surface area contributed by atoms with Crippen LogP contribution < -0.4 is 5.32 Å². The second-order valence-electron chi connectivity index (χ2n) is 8.31. The molecular weight excluding hydrogens is 330 g/mol. The van der Waals surface area contributed by atoms with Gasteiger partial charge in [0.15, 0.2) is 0 Å². The first-order valence-corrected chi connectivity index (χ1v) is 9.22. The van der Waals surface area contributed by atoms with Gasteiger partial charge >= 0.3 is 0 Å². The van der Waals surface area contributed by atoms with Gasteiger partial charge in [-0.3, -0.25) is 9.69 Å². The Hall–Kier alpha value is -1.73. The van der Waals surface area contributed by atoms with Crippen molar-refractivity contribution in [3.63, 3.8) is 0 Å². The fourth-order valence-corrected chi connectivity index (χ4v) is 3.42. The molecule has 7 nitrogen and oxygen atoms in total. The maximum atomic E-state index is 12.2. The van der Waals surface area contributed by atoms with E-state index < -0.39 is 0 Å². The molecule has 1 saturated heterocycles. The lowest BCUT2D eigenvalue weighted by Gasteiger charge is -2.26. The second kappa shape index (κ2) is 8.77. The summed E-state index contributed by atoms with van der Waals surface area (Å²) >= 11 is 0. The standard InChI is InChI=1S/C19H33N5O2/c1-19(2,3)13-23(5)12-17-21-15(10-16(20-4)22-17)14-9-18(25)24(11-14)7-8-26-6/h10,14H,7-9,11-13H2,1-6H3,(H,20,21,22). The zero-order chi connectivity index (χ0) is 19.3. The molecule has 2 rings (SSSR count). The number of anilines is 1. The number of methoxy groups -OCH3 is 1. The van der Waals surface area contributed by atoms with E-state index in [9.17, 15) is 4.79 Å². The van der Waals surface area contributed by atoms with E-state index in [1.165, 1.54) is 0 Å². The Bertz CT molecular complexity index is 614. The average molecular weight is 364 g/mol. The molecule has 0 bridgehead atoms. The predicted octanol–water partition coefficient (Wildman–Crippen LogP) is 1.96. The highest BCUT2D eigenvalue weighted by atomic mass is 16.5. The normalized spacial score (nSPS) is 18.0. The second-order valence-corrected chi connectivity index (χ2v) is 8.31. The average Bonchev–Trinajstić information content (AvgIpc) is 2.91. The van der Waals surface area contributed by atoms with Crippen LogP contribution in [0.5, 0.6) is 0 Å². The van der Waals surface area contributed by atoms with Crippen molar-refractivity contribution in [1.82, 2.24) is 19.8 Å². The van der Waals surface area contributed by atoms with E-state index in [4.69, 9.17) is 9.72 Å². The highest BCUT2D eigenvalue weighted by Crippen LogP contribution is 2.28. The van der Waals surface area contributed by atoms with E-state index in [1.807, 2.05) is 18.0 Å². The van der Waals surface area contributed by atoms with Crippen molar-refractivity contribution in [2.75, 3.05) is 52.8 Å². The number of hydrogen-bond acceptors (Lipinski definition) is 6. The van der Waals surface area contributed by atoms with Crippen LogP contribution in [-0.4, -0.2) is 73.1 Å². The summed E-state index contributed by atoms with van der Waals surface area (Å²) in [5, 5.41) is 3.12. The van der Waals surface area contributed by atoms with Gasteiger partial charge in [0.25, 0.3) is 0 Å². The molecule has 1 aliphatic heterocycles. The van der Waals surface area contributed by atoms with Crippen LogP contribution in [0.15, 0.2) is 6.07 Å². The van der Waals surface area contributed by atoms with Crippen LogP contribution in [0.2, 0.25) is 0 Å². The highest BCUT2D eigenvalue weighted by molar-refractivity contribution is 5.79. The lowest BCUT2D eigenvalue weighted by Crippen LogP contribution is -2.30. The van der Waals surface area contributed by atoms with Crippen LogP contribution >= 0.6 is 0 Å². The largest absolute Gasteiger partial charge is 0.383 e. The molecule has 1 unspecified atom stereocenters. The predicted molar refractivity (Wildman–Crippen MR) is 103 cm³/mol. The Morgan fingerprint density at radius 3 is 2.73 bits per heavy atom. The molecule has 1 amide bonds. The number of carbonyl (C=O) groups is 1. The Kier molecular flexibility index (Phi) is 6.94. The molecule has 1 atom stereocenters. The van der Waals surface area contributed by atoms with E-state index in [0.717, 1.165) is 23.9 Å². The van der Waals surface area contributed by atoms with Gasteiger partial charge in [-0.15, -0.1) is 0 Å². The molecule has 0 radical (unpaired) electrons. The van der Waals surface area contributed by atoms with E-state index in [2.05, 4.69) is 43.0 Å². The summed E-state index contributed by atoms with van der Waals surface area (Å²) in [4.78, 5) is 25.7. The van der Waals surface area contributed by atoms with Crippen LogP contribution in [-0.2, 0) is 16.1 Å². The molecule has 2 heterocycles. The molecule has 1 N–H and O–H groups in total. The number of rotatable bonds is 8. The van der Waals surface area contributed by atoms with Crippen LogP contribution in [0, 0.1) is 5.41 Å². The van der Waals surface area contributed by atoms with E-state index in [1.54, 1.807) is 7.11 Å². The number of carbonyl (C=O) groups excluding carboxylic acids is 1. The van der Waals surface area contributed by atoms with Crippen molar-refractivity contribution in [3.05, 3.63) is 17.6 Å². The maximum Gasteiger partial charge on any atom is 0.223 e. The van der Waals surface area contributed by atoms with Crippen LogP contribution in [0.25, 0.3) is 0 Å². The summed E-state index contributed by atoms with van der Waals surface area (Å²) in [6.07, 6.45) is 0.501. The van der Waals surface area contributed by atoms with Gasteiger partial charge in [0.05, 0.1) is 18.8 Å². The molecule has 1 aromatic rings. The third kappa shape index (κ3) is 5.92. The molecule has 1 fully saturated rings. The zero-order valence-electron chi connectivity index (χ0n) is 17.0. The van der Waals surface area contributed by atoms with Crippen LogP contribution in [0.1, 0.15) is 44.6 Å². The Labute approximate surface area is 157 Å². The summed E-state index contributed by atoms with van der Waals surface area (Å²) in [7, 11) is 5.60. The fraction of sp³-hybridized carbons (Fsp3) is 0.737. The summed E-state index contributed by atoms with van der Waals surface area (Å²) < 4.78 is 5.10. The molecule has 0 aliphatic carbocycles. The topological polar surface area (TPSA) is 70.6 Å². The maximum absolute atomic E-state index is 12.2. The summed E-state index contributed by atoms with van der Waals surface area (Å²) in [5.74, 6) is 1.88. The van der Waals surface area contributed by atoms with Gasteiger partial charge < -0.3 is 15.0 Å². The van der Waals surface area contributed by atoms with Gasteiger partial charge in [-0.2, -0.15) is 0 Å². The van der Waals surface area contributed by atoms with Crippen molar-refractivity contribution in [2.24, 2.45) is 5.41 Å². The SMILES string of the molecule is CNc1cc(C2CC(=O)N(CCOC)C2)nc(CN(C)CC(C)(C)C)n1. The number of aromatic nitrogens is 2. The number of likely N-dealkylation sites (tertiary alicyclic amines) is 1. The van der Waals surface area contributed by atoms with Crippen LogP contribution in [0.4, 0.5) is 5.82 Å². The number of nitrogens with one attached hydrogen (secondary N) is 1. The smallest absolute Gasteiger partial charge is 0.223 e. The van der Waals surface area contributed by atoms with E-state index in [-0.39, 0.29) is 17.2 Å². The van der Waals surface area contributed by atoms with E-state index in [0.29, 0.717) is 32.7 Å². The number of amides is 1. The first kappa shape index (κ1) is 20.6. The molecule has 7 heteroatoms. The Morgan fingerprint density at radius 1 is 1.38 bits per heavy atom. The first-order chi connectivity index (χ1) is 12.2. The molecule has 1 aromatic heterocycles. The third-order valence-electron chi connectivity index (χ3n) is 4.40. The molecule has 0 aromatic carbocycles. The summed E-state index contributed by atoms with van der Waals surface area (Å²) in [6, 6.07) is 1.96. The third-order valence-corrected chi connectivity index (χ3v) is 4.40. The van der Waals surface area contributed by atoms with Crippen molar-refractivity contribution >= 4 is 11.7 Å². The number of hydrogen-bond donors (Lipinski definition) is 1. The molecule has 146 valence electrons. The lowest BCUT2D eigenvalue weighted by molar-refractivity contribution is -0.128. The Morgan fingerprint density at radius 2 is 2.12 bits per heavy atom. The first-order valence-electron chi connectivity index (χ1n) is 9.22. The molecule has 1 aliphatic rings. The summed E-state index contributed by atoms with van der Waals surface area (Å²) in [5.41, 5.74) is 1.16. The van der Waals surface area contributed by atoms with Crippen molar-refractivity contribution in [1.29, 1.82) is 0 Å². The Balaban J connectivity index is 2.13. The van der Waals surface area contributed by atoms with Crippen molar-refractivity contribution < 1.29 is 9.53 Å². The zero-order valence-corrected chi connectivity index (χ0v) is 17.0. The minimum Gasteiger partial charge on any atom is -0.383 e. The van der Waals surface area contributed by atoms with Crippen molar-refractivity contribution in [3.8, 4) is 0 Å². The van der Waals surface area contributed by atoms with Gasteiger partial charge in [0.2, 0.25) is 5.91 Å². The minimum absolute atomic E-state index is 0.112. The van der Waals surface area contributed by atoms with Crippen molar-refractivity contribution in [2.45, 2.75) is 39.7 Å². The van der Waals surface area contributed by atoms with Gasteiger partial charge in [0.1, 0.15) is 11.6 Å². The lowest BCUT2D eigenvalue weighted by atomic mass is 9.96. The van der Waals surface area contributed by atoms with Gasteiger partial charge in [0, 0.05) is 52.2 Å². The molecule has 0 spiro atoms. The fourth-order valence-electron chi connectivity index (χ4n) is 3.42. The molecular formula is C19H33N5O2. The quantitative estimate of drug-likeness (QED) is 0.761. The van der Waals surface area contributed by atoms with Crippen LogP contribution in [0.3, 0.4) is 0 Å². The van der Waals surface area contributed by atoms with Gasteiger partial charge in [-0.25, -0.2) is 9.97 Å². The molecule has 26 heavy (non-hydrogen) atoms. The summed E-state index contributed by atoms with van der Waals surface area (Å²) in [6.45, 7) is 10.2. The van der Waals surface area contributed by atoms with Gasteiger partial charge in [-0.05, 0) is 12.5 Å². The monoisotopic (exact) mass is 363 g/mol. The van der Waals surface area contributed by atoms with Gasteiger partial charge in [-0.1, -0.05) is 20.8 Å². The minimum atomic E-state index is 0.112.